The Morgan fingerprint density at radius 1 is 1.16 bits per heavy atom. The zero-order valence-corrected chi connectivity index (χ0v) is 19.0. The predicted molar refractivity (Wildman–Crippen MR) is 117 cm³/mol. The van der Waals surface area contributed by atoms with E-state index in [1.807, 2.05) is 13.0 Å². The van der Waals surface area contributed by atoms with Crippen molar-refractivity contribution in [2.45, 2.75) is 26.8 Å². The van der Waals surface area contributed by atoms with Crippen LogP contribution >= 0.6 is 47.2 Å². The monoisotopic (exact) mass is 522 g/mol. The second-order valence-electron chi connectivity index (χ2n) is 5.01. The number of rotatable bonds is 9. The number of guanidine groups is 1. The molecule has 25 heavy (non-hydrogen) atoms. The molecule has 0 heterocycles. The second kappa shape index (κ2) is 13.0. The first-order chi connectivity index (χ1) is 11.4. The van der Waals surface area contributed by atoms with Crippen LogP contribution < -0.4 is 15.4 Å². The maximum absolute atomic E-state index is 11.3. The molecule has 0 atom stereocenters. The molecule has 0 saturated carbocycles. The first-order valence-electron chi connectivity index (χ1n) is 7.81. The van der Waals surface area contributed by atoms with Gasteiger partial charge in [-0.05, 0) is 38.0 Å². The number of benzene rings is 1. The van der Waals surface area contributed by atoms with E-state index in [-0.39, 0.29) is 29.7 Å². The molecule has 6 nitrogen and oxygen atoms in total. The van der Waals surface area contributed by atoms with Gasteiger partial charge in [-0.25, -0.2) is 18.1 Å². The Morgan fingerprint density at radius 3 is 2.48 bits per heavy atom. The van der Waals surface area contributed by atoms with Crippen LogP contribution in [0.5, 0.6) is 0 Å². The average molecular weight is 523 g/mol. The van der Waals surface area contributed by atoms with Gasteiger partial charge in [-0.1, -0.05) is 29.3 Å². The van der Waals surface area contributed by atoms with Crippen LogP contribution in [-0.4, -0.2) is 39.8 Å². The molecule has 10 heteroatoms. The van der Waals surface area contributed by atoms with E-state index in [1.54, 1.807) is 19.1 Å². The molecule has 144 valence electrons. The van der Waals surface area contributed by atoms with Gasteiger partial charge in [-0.2, -0.15) is 0 Å². The Morgan fingerprint density at radius 2 is 1.88 bits per heavy atom. The molecule has 0 saturated heterocycles. The van der Waals surface area contributed by atoms with Crippen LogP contribution in [0, 0.1) is 0 Å². The molecule has 0 amide bonds. The van der Waals surface area contributed by atoms with Gasteiger partial charge in [0, 0.05) is 29.7 Å². The fourth-order valence-corrected chi connectivity index (χ4v) is 2.91. The molecule has 1 aromatic rings. The predicted octanol–water partition coefficient (Wildman–Crippen LogP) is 3.00. The van der Waals surface area contributed by atoms with E-state index in [1.165, 1.54) is 0 Å². The molecule has 0 unspecified atom stereocenters. The summed E-state index contributed by atoms with van der Waals surface area (Å²) in [5.74, 6) is 0.744. The summed E-state index contributed by atoms with van der Waals surface area (Å²) in [7, 11) is -3.13. The second-order valence-corrected chi connectivity index (χ2v) is 7.95. The van der Waals surface area contributed by atoms with Crippen molar-refractivity contribution in [3.05, 3.63) is 33.8 Å². The van der Waals surface area contributed by atoms with Gasteiger partial charge in [0.15, 0.2) is 5.96 Å². The number of hydrogen-bond donors (Lipinski definition) is 3. The number of sulfonamides is 1. The molecule has 1 rings (SSSR count). The highest BCUT2D eigenvalue weighted by molar-refractivity contribution is 14.0. The molecule has 0 bridgehead atoms. The Bertz CT molecular complexity index is 657. The summed E-state index contributed by atoms with van der Waals surface area (Å²) in [6, 6.07) is 5.31. The van der Waals surface area contributed by atoms with E-state index in [9.17, 15) is 8.42 Å². The highest BCUT2D eigenvalue weighted by Gasteiger charge is 2.05. The van der Waals surface area contributed by atoms with Gasteiger partial charge < -0.3 is 10.6 Å². The third-order valence-electron chi connectivity index (χ3n) is 3.11. The largest absolute Gasteiger partial charge is 0.357 e. The van der Waals surface area contributed by atoms with Crippen molar-refractivity contribution in [1.29, 1.82) is 0 Å². The van der Waals surface area contributed by atoms with Crippen LogP contribution in [0.25, 0.3) is 0 Å². The van der Waals surface area contributed by atoms with Gasteiger partial charge in [0.25, 0.3) is 0 Å². The van der Waals surface area contributed by atoms with Crippen LogP contribution in [0.15, 0.2) is 23.2 Å². The molecule has 0 aliphatic rings. The molecule has 0 aliphatic heterocycles. The number of nitrogens with zero attached hydrogens (tertiary/aromatic N) is 1. The van der Waals surface area contributed by atoms with E-state index < -0.39 is 10.0 Å². The minimum atomic E-state index is -3.13. The van der Waals surface area contributed by atoms with Crippen LogP contribution in [0.2, 0.25) is 10.0 Å². The number of aliphatic imine (C=N–C) groups is 1. The van der Waals surface area contributed by atoms with E-state index in [2.05, 4.69) is 20.3 Å². The van der Waals surface area contributed by atoms with E-state index >= 15 is 0 Å². The maximum Gasteiger partial charge on any atom is 0.211 e. The number of nitrogens with one attached hydrogen (secondary N) is 3. The minimum absolute atomic E-state index is 0. The minimum Gasteiger partial charge on any atom is -0.357 e. The zero-order chi connectivity index (χ0) is 18.0. The zero-order valence-electron chi connectivity index (χ0n) is 14.3. The van der Waals surface area contributed by atoms with Crippen molar-refractivity contribution in [3.8, 4) is 0 Å². The topological polar surface area (TPSA) is 82.6 Å². The lowest BCUT2D eigenvalue weighted by Gasteiger charge is -2.12. The van der Waals surface area contributed by atoms with Gasteiger partial charge in [0.2, 0.25) is 10.0 Å². The van der Waals surface area contributed by atoms with Crippen LogP contribution in [0.1, 0.15) is 25.8 Å². The van der Waals surface area contributed by atoms with Crippen LogP contribution in [0.4, 0.5) is 0 Å². The van der Waals surface area contributed by atoms with Crippen molar-refractivity contribution in [2.75, 3.05) is 25.4 Å². The average Bonchev–Trinajstić information content (AvgIpc) is 2.53. The van der Waals surface area contributed by atoms with Gasteiger partial charge in [0.1, 0.15) is 0 Å². The van der Waals surface area contributed by atoms with Crippen molar-refractivity contribution in [3.63, 3.8) is 0 Å². The summed E-state index contributed by atoms with van der Waals surface area (Å²) in [6.45, 7) is 5.73. The standard InChI is InChI=1S/C15H24Cl2N4O2S.HI/c1-3-18-15(19-8-5-9-21-24(22,23)4-2)20-11-12-6-7-13(16)10-14(12)17;/h6-7,10,21H,3-5,8-9,11H2,1-2H3,(H2,18,19,20);1H. The Labute approximate surface area is 177 Å². The highest BCUT2D eigenvalue weighted by Crippen LogP contribution is 2.21. The first kappa shape index (κ1) is 24.7. The van der Waals surface area contributed by atoms with E-state index in [0.717, 1.165) is 12.1 Å². The summed E-state index contributed by atoms with van der Waals surface area (Å²) in [6.07, 6.45) is 0.658. The van der Waals surface area contributed by atoms with E-state index in [0.29, 0.717) is 42.1 Å². The summed E-state index contributed by atoms with van der Waals surface area (Å²) in [5, 5.41) is 7.46. The van der Waals surface area contributed by atoms with Crippen molar-refractivity contribution in [2.24, 2.45) is 4.99 Å². The van der Waals surface area contributed by atoms with Gasteiger partial charge in [0.05, 0.1) is 12.3 Å². The molecule has 0 aliphatic carbocycles. The SMILES string of the molecule is CCNC(=NCc1ccc(Cl)cc1Cl)NCCCNS(=O)(=O)CC.I. The summed E-state index contributed by atoms with van der Waals surface area (Å²) in [5.41, 5.74) is 0.883. The van der Waals surface area contributed by atoms with Gasteiger partial charge in [-0.3, -0.25) is 0 Å². The molecule has 0 aromatic heterocycles. The molecule has 3 N–H and O–H groups in total. The summed E-state index contributed by atoms with van der Waals surface area (Å²) >= 11 is 12.0. The third kappa shape index (κ3) is 10.4. The normalized spacial score (nSPS) is 11.8. The van der Waals surface area contributed by atoms with Crippen molar-refractivity contribution < 1.29 is 8.42 Å². The Hall–Kier alpha value is -0.290. The molecule has 0 spiro atoms. The van der Waals surface area contributed by atoms with Crippen LogP contribution in [0.3, 0.4) is 0 Å². The fraction of sp³-hybridized carbons (Fsp3) is 0.533. The summed E-state index contributed by atoms with van der Waals surface area (Å²) < 4.78 is 25.2. The smallest absolute Gasteiger partial charge is 0.211 e. The number of halogens is 3. The van der Waals surface area contributed by atoms with Crippen molar-refractivity contribution in [1.82, 2.24) is 15.4 Å². The lowest BCUT2D eigenvalue weighted by atomic mass is 10.2. The van der Waals surface area contributed by atoms with Crippen molar-refractivity contribution >= 4 is 63.2 Å². The van der Waals surface area contributed by atoms with E-state index in [4.69, 9.17) is 23.2 Å². The highest BCUT2D eigenvalue weighted by atomic mass is 127. The molecular weight excluding hydrogens is 498 g/mol. The molecule has 0 radical (unpaired) electrons. The third-order valence-corrected chi connectivity index (χ3v) is 5.11. The number of hydrogen-bond acceptors (Lipinski definition) is 3. The fourth-order valence-electron chi connectivity index (χ4n) is 1.78. The first-order valence-corrected chi connectivity index (χ1v) is 10.2. The Balaban J connectivity index is 0.00000576. The molecule has 0 fully saturated rings. The molecular formula is C15H25Cl2IN4O2S. The lowest BCUT2D eigenvalue weighted by Crippen LogP contribution is -2.38. The molecule has 1 aromatic carbocycles. The summed E-state index contributed by atoms with van der Waals surface area (Å²) in [4.78, 5) is 4.47. The Kier molecular flexibility index (Phi) is 12.8. The lowest BCUT2D eigenvalue weighted by molar-refractivity contribution is 0.579. The van der Waals surface area contributed by atoms with Gasteiger partial charge in [-0.15, -0.1) is 24.0 Å². The quantitative estimate of drug-likeness (QED) is 0.201. The van der Waals surface area contributed by atoms with Crippen LogP contribution in [-0.2, 0) is 16.6 Å². The maximum atomic E-state index is 11.3. The van der Waals surface area contributed by atoms with Gasteiger partial charge >= 0.3 is 0 Å².